The van der Waals surface area contributed by atoms with E-state index in [0.29, 0.717) is 36.2 Å². The van der Waals surface area contributed by atoms with Gasteiger partial charge in [-0.15, -0.1) is 0 Å². The van der Waals surface area contributed by atoms with Gasteiger partial charge in [0.25, 0.3) is 5.56 Å². The Morgan fingerprint density at radius 3 is 2.65 bits per heavy atom. The maximum Gasteiger partial charge on any atom is 0.258 e. The zero-order valence-corrected chi connectivity index (χ0v) is 17.7. The Balaban J connectivity index is 1.21. The van der Waals surface area contributed by atoms with Gasteiger partial charge in [-0.05, 0) is 38.0 Å². The van der Waals surface area contributed by atoms with E-state index in [4.69, 9.17) is 0 Å². The zero-order chi connectivity index (χ0) is 21.6. The highest BCUT2D eigenvalue weighted by Gasteiger charge is 2.21. The van der Waals surface area contributed by atoms with Gasteiger partial charge < -0.3 is 20.1 Å². The maximum atomic E-state index is 12.5. The van der Waals surface area contributed by atoms with Gasteiger partial charge in [0, 0.05) is 51.5 Å². The summed E-state index contributed by atoms with van der Waals surface area (Å²) in [6.07, 6.45) is 5.69. The number of H-pyrrole nitrogens is 1. The molecule has 1 aliphatic heterocycles. The first-order valence-electron chi connectivity index (χ1n) is 10.6. The number of fused-ring (bicyclic) bond motifs is 1. The number of nitrogens with one attached hydrogen (secondary N) is 2. The number of hydrogen-bond acceptors (Lipinski definition) is 7. The van der Waals surface area contributed by atoms with Crippen LogP contribution >= 0.6 is 0 Å². The quantitative estimate of drug-likeness (QED) is 0.562. The largest absolute Gasteiger partial charge is 0.383 e. The number of aromatic amines is 1. The number of carbonyl (C=O) groups excluding carboxylic acids is 1. The van der Waals surface area contributed by atoms with Gasteiger partial charge in [-0.3, -0.25) is 9.59 Å². The lowest BCUT2D eigenvalue weighted by molar-refractivity contribution is -0.131. The second-order valence-corrected chi connectivity index (χ2v) is 7.65. The fourth-order valence-corrected chi connectivity index (χ4v) is 3.81. The van der Waals surface area contributed by atoms with Crippen LogP contribution in [0.25, 0.3) is 10.9 Å². The number of nitrogens with zero attached hydrogens (tertiary/aromatic N) is 5. The number of aryl methyl sites for hydroxylation is 1. The van der Waals surface area contributed by atoms with Crippen molar-refractivity contribution < 1.29 is 4.79 Å². The van der Waals surface area contributed by atoms with Gasteiger partial charge in [-0.25, -0.2) is 15.0 Å². The third-order valence-electron chi connectivity index (χ3n) is 5.45. The minimum Gasteiger partial charge on any atom is -0.383 e. The maximum absolute atomic E-state index is 12.5. The summed E-state index contributed by atoms with van der Waals surface area (Å²) in [5.41, 5.74) is 1.40. The van der Waals surface area contributed by atoms with E-state index in [-0.39, 0.29) is 11.5 Å². The van der Waals surface area contributed by atoms with E-state index < -0.39 is 0 Å². The summed E-state index contributed by atoms with van der Waals surface area (Å²) in [5.74, 6) is 1.51. The summed E-state index contributed by atoms with van der Waals surface area (Å²) < 4.78 is 0. The van der Waals surface area contributed by atoms with Gasteiger partial charge >= 0.3 is 0 Å². The van der Waals surface area contributed by atoms with Crippen LogP contribution in [0.2, 0.25) is 0 Å². The molecule has 1 aliphatic rings. The molecule has 0 bridgehead atoms. The molecule has 0 radical (unpaired) electrons. The first-order valence-corrected chi connectivity index (χ1v) is 10.6. The van der Waals surface area contributed by atoms with E-state index in [1.165, 1.54) is 0 Å². The Hall–Kier alpha value is -3.49. The molecule has 3 aromatic rings. The van der Waals surface area contributed by atoms with Crippen molar-refractivity contribution in [1.29, 1.82) is 0 Å². The molecule has 0 aliphatic carbocycles. The van der Waals surface area contributed by atoms with Crippen LogP contribution in [-0.4, -0.2) is 63.5 Å². The molecule has 0 atom stereocenters. The van der Waals surface area contributed by atoms with Crippen LogP contribution in [0.3, 0.4) is 0 Å². The smallest absolute Gasteiger partial charge is 0.258 e. The molecule has 3 heterocycles. The van der Waals surface area contributed by atoms with E-state index in [1.807, 2.05) is 17.0 Å². The number of amides is 1. The summed E-state index contributed by atoms with van der Waals surface area (Å²) >= 11 is 0. The molecule has 1 aromatic carbocycles. The Morgan fingerprint density at radius 2 is 1.87 bits per heavy atom. The Labute approximate surface area is 180 Å². The summed E-state index contributed by atoms with van der Waals surface area (Å²) in [6.45, 7) is 5.40. The van der Waals surface area contributed by atoms with Crippen molar-refractivity contribution in [2.75, 3.05) is 42.9 Å². The molecular weight excluding hydrogens is 394 g/mol. The number of anilines is 2. The van der Waals surface area contributed by atoms with Crippen molar-refractivity contribution in [3.63, 3.8) is 0 Å². The van der Waals surface area contributed by atoms with Crippen LogP contribution in [0.15, 0.2) is 41.5 Å². The molecule has 162 valence electrons. The highest BCUT2D eigenvalue weighted by molar-refractivity contribution is 5.89. The van der Waals surface area contributed by atoms with Crippen LogP contribution < -0.4 is 15.8 Å². The highest BCUT2D eigenvalue weighted by atomic mass is 16.2. The Morgan fingerprint density at radius 1 is 1.10 bits per heavy atom. The Bertz CT molecular complexity index is 1090. The number of unbranched alkanes of at least 4 members (excludes halogenated alkanes) is 1. The topological polar surface area (TPSA) is 107 Å². The standard InChI is InChI=1S/C22H27N7O2/c1-16-26-20-17(21(31)27-16)6-4-7-18(20)23-9-3-2-8-19(30)28-12-14-29(15-13-28)22-24-10-5-11-25-22/h4-7,10-11,23H,2-3,8-9,12-15H2,1H3,(H,26,27,31). The van der Waals surface area contributed by atoms with E-state index in [1.54, 1.807) is 31.5 Å². The molecule has 31 heavy (non-hydrogen) atoms. The number of piperazine rings is 1. The van der Waals surface area contributed by atoms with E-state index in [9.17, 15) is 9.59 Å². The summed E-state index contributed by atoms with van der Waals surface area (Å²) in [6, 6.07) is 7.35. The lowest BCUT2D eigenvalue weighted by atomic mass is 10.2. The average Bonchev–Trinajstić information content (AvgIpc) is 2.79. The second-order valence-electron chi connectivity index (χ2n) is 7.65. The summed E-state index contributed by atoms with van der Waals surface area (Å²) in [4.78, 5) is 44.4. The zero-order valence-electron chi connectivity index (χ0n) is 17.7. The lowest BCUT2D eigenvalue weighted by Crippen LogP contribution is -2.49. The number of aromatic nitrogens is 4. The summed E-state index contributed by atoms with van der Waals surface area (Å²) in [5, 5.41) is 3.93. The summed E-state index contributed by atoms with van der Waals surface area (Å²) in [7, 11) is 0. The number of rotatable bonds is 7. The fourth-order valence-electron chi connectivity index (χ4n) is 3.81. The van der Waals surface area contributed by atoms with Crippen LogP contribution in [0.4, 0.5) is 11.6 Å². The number of para-hydroxylation sites is 1. The number of carbonyl (C=O) groups is 1. The van der Waals surface area contributed by atoms with Crippen molar-refractivity contribution >= 4 is 28.4 Å². The lowest BCUT2D eigenvalue weighted by Gasteiger charge is -2.34. The predicted molar refractivity (Wildman–Crippen MR) is 120 cm³/mol. The third kappa shape index (κ3) is 4.99. The minimum absolute atomic E-state index is 0.129. The Kier molecular flexibility index (Phi) is 6.40. The van der Waals surface area contributed by atoms with Crippen LogP contribution in [-0.2, 0) is 4.79 Å². The van der Waals surface area contributed by atoms with Gasteiger partial charge in [0.05, 0.1) is 11.1 Å². The normalized spacial score (nSPS) is 14.1. The molecule has 1 fully saturated rings. The molecule has 4 rings (SSSR count). The second kappa shape index (κ2) is 9.55. The first kappa shape index (κ1) is 20.8. The molecule has 9 heteroatoms. The van der Waals surface area contributed by atoms with Crippen molar-refractivity contribution in [3.05, 3.63) is 52.8 Å². The van der Waals surface area contributed by atoms with Crippen molar-refractivity contribution in [1.82, 2.24) is 24.8 Å². The van der Waals surface area contributed by atoms with Gasteiger partial charge in [0.15, 0.2) is 0 Å². The van der Waals surface area contributed by atoms with E-state index >= 15 is 0 Å². The van der Waals surface area contributed by atoms with Gasteiger partial charge in [-0.1, -0.05) is 6.07 Å². The predicted octanol–water partition coefficient (Wildman–Crippen LogP) is 1.95. The first-order chi connectivity index (χ1) is 15.1. The van der Waals surface area contributed by atoms with Gasteiger partial charge in [0.2, 0.25) is 11.9 Å². The minimum atomic E-state index is -0.129. The molecule has 0 saturated carbocycles. The van der Waals surface area contributed by atoms with E-state index in [2.05, 4.69) is 30.2 Å². The highest BCUT2D eigenvalue weighted by Crippen LogP contribution is 2.19. The monoisotopic (exact) mass is 421 g/mol. The fraction of sp³-hybridized carbons (Fsp3) is 0.409. The van der Waals surface area contributed by atoms with Crippen LogP contribution in [0.1, 0.15) is 25.1 Å². The molecule has 2 N–H and O–H groups in total. The molecule has 9 nitrogen and oxygen atoms in total. The molecule has 1 saturated heterocycles. The van der Waals surface area contributed by atoms with Gasteiger partial charge in [-0.2, -0.15) is 0 Å². The molecule has 0 unspecified atom stereocenters. The third-order valence-corrected chi connectivity index (χ3v) is 5.45. The molecule has 2 aromatic heterocycles. The molecule has 0 spiro atoms. The molecular formula is C22H27N7O2. The molecule has 1 amide bonds. The van der Waals surface area contributed by atoms with Crippen LogP contribution in [0.5, 0.6) is 0 Å². The van der Waals surface area contributed by atoms with Crippen molar-refractivity contribution in [2.45, 2.75) is 26.2 Å². The number of benzene rings is 1. The number of hydrogen-bond donors (Lipinski definition) is 2. The van der Waals surface area contributed by atoms with Crippen molar-refractivity contribution in [2.24, 2.45) is 0 Å². The SMILES string of the molecule is Cc1nc2c(NCCCCC(=O)N3CCN(c4ncccn4)CC3)cccc2c(=O)[nH]1. The van der Waals surface area contributed by atoms with Crippen LogP contribution in [0, 0.1) is 6.92 Å². The van der Waals surface area contributed by atoms with E-state index in [0.717, 1.165) is 44.1 Å². The van der Waals surface area contributed by atoms with Crippen molar-refractivity contribution in [3.8, 4) is 0 Å². The van der Waals surface area contributed by atoms with Gasteiger partial charge in [0.1, 0.15) is 11.3 Å². The average molecular weight is 422 g/mol.